The van der Waals surface area contributed by atoms with E-state index in [0.29, 0.717) is 24.0 Å². The molecule has 2 fully saturated rings. The molecule has 1 N–H and O–H groups in total. The lowest BCUT2D eigenvalue weighted by Crippen LogP contribution is -2.64. The molecule has 1 heterocycles. The van der Waals surface area contributed by atoms with Crippen molar-refractivity contribution in [1.29, 1.82) is 0 Å². The van der Waals surface area contributed by atoms with Crippen LogP contribution in [0.2, 0.25) is 0 Å². The third-order valence-electron chi connectivity index (χ3n) is 8.82. The van der Waals surface area contributed by atoms with Crippen LogP contribution in [0.4, 0.5) is 0 Å². The van der Waals surface area contributed by atoms with Gasteiger partial charge in [0.25, 0.3) is 0 Å². The standard InChI is InChI=1S/C25H37NO2/c1-24-14-15-26(3)23(16-19-9-11-21(28)17-22(19)24)25(24,2)13-12-20(27)10-8-18-6-4-5-7-18/h9,11,17-18,23,28H,4-8,10,12-16H2,1-3H3/t23?,24-,25-/m1/s1. The smallest absolute Gasteiger partial charge is 0.132 e. The molecular weight excluding hydrogens is 346 g/mol. The Labute approximate surface area is 170 Å². The van der Waals surface area contributed by atoms with Crippen LogP contribution < -0.4 is 0 Å². The van der Waals surface area contributed by atoms with Crippen molar-refractivity contribution in [2.45, 2.75) is 89.5 Å². The Morgan fingerprint density at radius 3 is 2.71 bits per heavy atom. The van der Waals surface area contributed by atoms with E-state index in [2.05, 4.69) is 31.9 Å². The summed E-state index contributed by atoms with van der Waals surface area (Å²) >= 11 is 0. The number of likely N-dealkylation sites (tertiary alicyclic amines) is 1. The first-order chi connectivity index (χ1) is 13.3. The summed E-state index contributed by atoms with van der Waals surface area (Å²) in [6, 6.07) is 6.40. The summed E-state index contributed by atoms with van der Waals surface area (Å²) in [6.45, 7) is 5.87. The number of Topliss-reactive ketones (excluding diaryl/α,β-unsaturated/α-hetero) is 1. The van der Waals surface area contributed by atoms with E-state index < -0.39 is 0 Å². The highest BCUT2D eigenvalue weighted by atomic mass is 16.3. The maximum Gasteiger partial charge on any atom is 0.132 e. The summed E-state index contributed by atoms with van der Waals surface area (Å²) in [7, 11) is 2.25. The Kier molecular flexibility index (Phi) is 5.33. The number of likely N-dealkylation sites (N-methyl/N-ethyl adjacent to an activating group) is 1. The van der Waals surface area contributed by atoms with Crippen LogP contribution in [0.3, 0.4) is 0 Å². The predicted molar refractivity (Wildman–Crippen MR) is 114 cm³/mol. The van der Waals surface area contributed by atoms with Crippen LogP contribution in [0.1, 0.15) is 82.8 Å². The zero-order valence-corrected chi connectivity index (χ0v) is 18.0. The van der Waals surface area contributed by atoms with Crippen LogP contribution in [-0.2, 0) is 16.6 Å². The number of phenolic OH excluding ortho intramolecular Hbond substituents is 1. The maximum absolute atomic E-state index is 12.7. The number of piperidine rings is 1. The molecule has 0 spiro atoms. The van der Waals surface area contributed by atoms with Gasteiger partial charge in [-0.3, -0.25) is 4.79 Å². The van der Waals surface area contributed by atoms with Crippen molar-refractivity contribution in [2.75, 3.05) is 13.6 Å². The number of nitrogens with zero attached hydrogens (tertiary/aromatic N) is 1. The largest absolute Gasteiger partial charge is 0.508 e. The van der Waals surface area contributed by atoms with Gasteiger partial charge in [0, 0.05) is 24.3 Å². The summed E-state index contributed by atoms with van der Waals surface area (Å²) in [5.74, 6) is 1.62. The minimum absolute atomic E-state index is 0.0161. The van der Waals surface area contributed by atoms with Crippen molar-refractivity contribution >= 4 is 5.78 Å². The van der Waals surface area contributed by atoms with Gasteiger partial charge in [-0.15, -0.1) is 0 Å². The Bertz CT molecular complexity index is 738. The normalized spacial score (nSPS) is 33.0. The summed E-state index contributed by atoms with van der Waals surface area (Å²) in [4.78, 5) is 15.3. The van der Waals surface area contributed by atoms with E-state index in [-0.39, 0.29) is 10.8 Å². The van der Waals surface area contributed by atoms with Gasteiger partial charge in [-0.2, -0.15) is 0 Å². The molecule has 1 saturated heterocycles. The van der Waals surface area contributed by atoms with Gasteiger partial charge in [0.05, 0.1) is 0 Å². The number of hydrogen-bond acceptors (Lipinski definition) is 3. The molecule has 3 heteroatoms. The van der Waals surface area contributed by atoms with Crippen LogP contribution in [0.5, 0.6) is 5.75 Å². The second kappa shape index (κ2) is 7.48. The van der Waals surface area contributed by atoms with Gasteiger partial charge >= 0.3 is 0 Å². The maximum atomic E-state index is 12.7. The molecule has 154 valence electrons. The lowest BCUT2D eigenvalue weighted by atomic mass is 9.49. The van der Waals surface area contributed by atoms with Crippen molar-refractivity contribution < 1.29 is 9.90 Å². The fraction of sp³-hybridized carbons (Fsp3) is 0.720. The summed E-state index contributed by atoms with van der Waals surface area (Å²) in [6.07, 6.45) is 11.0. The first-order valence-corrected chi connectivity index (χ1v) is 11.4. The molecule has 1 unspecified atom stereocenters. The van der Waals surface area contributed by atoms with Crippen LogP contribution >= 0.6 is 0 Å². The Morgan fingerprint density at radius 1 is 1.21 bits per heavy atom. The molecule has 0 amide bonds. The lowest BCUT2D eigenvalue weighted by molar-refractivity contribution is -0.121. The van der Waals surface area contributed by atoms with Crippen molar-refractivity contribution in [3.8, 4) is 5.75 Å². The second-order valence-corrected chi connectivity index (χ2v) is 10.3. The average molecular weight is 384 g/mol. The molecular formula is C25H37NO2. The van der Waals surface area contributed by atoms with Gasteiger partial charge in [0.2, 0.25) is 0 Å². The minimum atomic E-state index is 0.0161. The molecule has 1 aromatic rings. The van der Waals surface area contributed by atoms with Gasteiger partial charge in [-0.1, -0.05) is 45.6 Å². The molecule has 28 heavy (non-hydrogen) atoms. The fourth-order valence-corrected chi connectivity index (χ4v) is 6.61. The summed E-state index contributed by atoms with van der Waals surface area (Å²) in [5.41, 5.74) is 2.77. The highest BCUT2D eigenvalue weighted by molar-refractivity contribution is 5.78. The number of rotatable bonds is 6. The molecule has 1 aromatic carbocycles. The van der Waals surface area contributed by atoms with Crippen LogP contribution in [0, 0.1) is 11.3 Å². The van der Waals surface area contributed by atoms with E-state index in [9.17, 15) is 9.90 Å². The summed E-state index contributed by atoms with van der Waals surface area (Å²) < 4.78 is 0. The van der Waals surface area contributed by atoms with Gasteiger partial charge in [0.15, 0.2) is 0 Å². The van der Waals surface area contributed by atoms with Crippen molar-refractivity contribution in [2.24, 2.45) is 11.3 Å². The second-order valence-electron chi connectivity index (χ2n) is 10.3. The summed E-state index contributed by atoms with van der Waals surface area (Å²) in [5, 5.41) is 10.1. The molecule has 4 rings (SSSR count). The quantitative estimate of drug-likeness (QED) is 0.731. The predicted octanol–water partition coefficient (Wildman–Crippen LogP) is 5.24. The first kappa shape index (κ1) is 19.9. The van der Waals surface area contributed by atoms with Crippen LogP contribution in [0.15, 0.2) is 18.2 Å². The monoisotopic (exact) mass is 383 g/mol. The topological polar surface area (TPSA) is 40.5 Å². The number of aromatic hydroxyl groups is 1. The van der Waals surface area contributed by atoms with E-state index in [1.807, 2.05) is 12.1 Å². The number of fused-ring (bicyclic) bond motifs is 4. The molecule has 0 aromatic heterocycles. The van der Waals surface area contributed by atoms with E-state index >= 15 is 0 Å². The Morgan fingerprint density at radius 2 is 1.96 bits per heavy atom. The molecule has 2 aliphatic carbocycles. The fourth-order valence-electron chi connectivity index (χ4n) is 6.61. The third kappa shape index (κ3) is 3.30. The van der Waals surface area contributed by atoms with Crippen molar-refractivity contribution in [1.82, 2.24) is 4.90 Å². The van der Waals surface area contributed by atoms with Crippen LogP contribution in [-0.4, -0.2) is 35.4 Å². The number of carbonyl (C=O) groups is 1. The Balaban J connectivity index is 1.52. The van der Waals surface area contributed by atoms with Gasteiger partial charge in [-0.05, 0) is 73.9 Å². The number of ketones is 1. The molecule has 2 bridgehead atoms. The molecule has 3 aliphatic rings. The van der Waals surface area contributed by atoms with Gasteiger partial charge in [0.1, 0.15) is 11.5 Å². The number of phenols is 1. The van der Waals surface area contributed by atoms with E-state index in [1.165, 1.54) is 36.8 Å². The average Bonchev–Trinajstić information content (AvgIpc) is 3.19. The third-order valence-corrected chi connectivity index (χ3v) is 8.82. The molecule has 1 aliphatic heterocycles. The zero-order valence-electron chi connectivity index (χ0n) is 18.0. The molecule has 3 atom stereocenters. The van der Waals surface area contributed by atoms with E-state index in [1.54, 1.807) is 0 Å². The van der Waals surface area contributed by atoms with Crippen LogP contribution in [0.25, 0.3) is 0 Å². The SMILES string of the molecule is CN1CC[C@]2(C)c3cc(O)ccc3CC1[C@@]2(C)CCC(=O)CCC1CCCC1. The first-order valence-electron chi connectivity index (χ1n) is 11.4. The zero-order chi connectivity index (χ0) is 19.9. The Hall–Kier alpha value is -1.35. The van der Waals surface area contributed by atoms with E-state index in [0.717, 1.165) is 44.6 Å². The number of benzene rings is 1. The number of hydrogen-bond donors (Lipinski definition) is 1. The van der Waals surface area contributed by atoms with Crippen molar-refractivity contribution in [3.63, 3.8) is 0 Å². The molecule has 0 radical (unpaired) electrons. The minimum Gasteiger partial charge on any atom is -0.508 e. The highest BCUT2D eigenvalue weighted by Crippen LogP contribution is 2.58. The molecule has 3 nitrogen and oxygen atoms in total. The van der Waals surface area contributed by atoms with Gasteiger partial charge < -0.3 is 10.0 Å². The van der Waals surface area contributed by atoms with Crippen molar-refractivity contribution in [3.05, 3.63) is 29.3 Å². The van der Waals surface area contributed by atoms with Gasteiger partial charge in [-0.25, -0.2) is 0 Å². The van der Waals surface area contributed by atoms with E-state index in [4.69, 9.17) is 0 Å². The highest BCUT2D eigenvalue weighted by Gasteiger charge is 2.57. The lowest BCUT2D eigenvalue weighted by Gasteiger charge is -2.62. The number of carbonyl (C=O) groups excluding carboxylic acids is 1. The molecule has 1 saturated carbocycles.